The molecule has 0 aliphatic carbocycles. The van der Waals surface area contributed by atoms with E-state index in [0.717, 1.165) is 5.56 Å². The van der Waals surface area contributed by atoms with Crippen LogP contribution in [0.25, 0.3) is 0 Å². The SMILES string of the molecule is CC(C)(C)C(=O)c1ccc2c(c1)C(C(N)=O)=NC2. The number of carbonyl (C=O) groups is 2. The van der Waals surface area contributed by atoms with Crippen LogP contribution in [0.2, 0.25) is 0 Å². The van der Waals surface area contributed by atoms with Crippen LogP contribution >= 0.6 is 0 Å². The Morgan fingerprint density at radius 2 is 1.94 bits per heavy atom. The molecule has 1 aromatic carbocycles. The zero-order valence-electron chi connectivity index (χ0n) is 10.8. The number of hydrogen-bond acceptors (Lipinski definition) is 3. The van der Waals surface area contributed by atoms with Crippen molar-refractivity contribution >= 4 is 17.4 Å². The van der Waals surface area contributed by atoms with Crippen molar-refractivity contribution in [3.8, 4) is 0 Å². The highest BCUT2D eigenvalue weighted by atomic mass is 16.1. The second kappa shape index (κ2) is 4.05. The Balaban J connectivity index is 2.45. The number of Topliss-reactive ketones (excluding diaryl/α,β-unsaturated/α-hetero) is 1. The Morgan fingerprint density at radius 1 is 1.28 bits per heavy atom. The average molecular weight is 244 g/mol. The minimum atomic E-state index is -0.547. The van der Waals surface area contributed by atoms with Crippen LogP contribution in [-0.2, 0) is 11.3 Å². The van der Waals surface area contributed by atoms with Gasteiger partial charge in [-0.15, -0.1) is 0 Å². The van der Waals surface area contributed by atoms with Gasteiger partial charge in [0.15, 0.2) is 5.78 Å². The minimum absolute atomic E-state index is 0.0426. The fraction of sp³-hybridized carbons (Fsp3) is 0.357. The predicted molar refractivity (Wildman–Crippen MR) is 69.7 cm³/mol. The molecule has 4 nitrogen and oxygen atoms in total. The molecule has 4 heteroatoms. The molecule has 0 radical (unpaired) electrons. The number of fused-ring (bicyclic) bond motifs is 1. The molecule has 1 amide bonds. The van der Waals surface area contributed by atoms with E-state index in [0.29, 0.717) is 17.7 Å². The second-order valence-electron chi connectivity index (χ2n) is 5.48. The van der Waals surface area contributed by atoms with Gasteiger partial charge in [-0.2, -0.15) is 0 Å². The molecule has 94 valence electrons. The van der Waals surface area contributed by atoms with Crippen LogP contribution in [0.15, 0.2) is 23.2 Å². The molecule has 1 aliphatic heterocycles. The third-order valence-electron chi connectivity index (χ3n) is 2.95. The van der Waals surface area contributed by atoms with Crippen molar-refractivity contribution in [3.05, 3.63) is 34.9 Å². The van der Waals surface area contributed by atoms with Crippen LogP contribution in [0.4, 0.5) is 0 Å². The molecular formula is C14H16N2O2. The molecule has 1 aliphatic rings. The first-order valence-electron chi connectivity index (χ1n) is 5.83. The third-order valence-corrected chi connectivity index (χ3v) is 2.95. The maximum atomic E-state index is 12.2. The summed E-state index contributed by atoms with van der Waals surface area (Å²) in [4.78, 5) is 27.5. The largest absolute Gasteiger partial charge is 0.364 e. The van der Waals surface area contributed by atoms with Crippen LogP contribution in [0.5, 0.6) is 0 Å². The van der Waals surface area contributed by atoms with E-state index >= 15 is 0 Å². The fourth-order valence-corrected chi connectivity index (χ4v) is 1.97. The monoisotopic (exact) mass is 244 g/mol. The summed E-state index contributed by atoms with van der Waals surface area (Å²) in [5.74, 6) is -0.505. The molecule has 2 N–H and O–H groups in total. The van der Waals surface area contributed by atoms with Crippen molar-refractivity contribution in [3.63, 3.8) is 0 Å². The van der Waals surface area contributed by atoms with Gasteiger partial charge in [0, 0.05) is 16.5 Å². The van der Waals surface area contributed by atoms with E-state index in [1.54, 1.807) is 12.1 Å². The number of rotatable bonds is 2. The molecule has 0 fully saturated rings. The highest BCUT2D eigenvalue weighted by molar-refractivity contribution is 6.46. The minimum Gasteiger partial charge on any atom is -0.364 e. The van der Waals surface area contributed by atoms with E-state index in [1.807, 2.05) is 26.8 Å². The third kappa shape index (κ3) is 2.06. The van der Waals surface area contributed by atoms with Gasteiger partial charge in [0.25, 0.3) is 5.91 Å². The van der Waals surface area contributed by atoms with Crippen molar-refractivity contribution < 1.29 is 9.59 Å². The van der Waals surface area contributed by atoms with E-state index in [2.05, 4.69) is 4.99 Å². The average Bonchev–Trinajstić information content (AvgIpc) is 2.69. The maximum absolute atomic E-state index is 12.2. The molecule has 0 saturated carbocycles. The van der Waals surface area contributed by atoms with Crippen LogP contribution in [0.3, 0.4) is 0 Å². The summed E-state index contributed by atoms with van der Waals surface area (Å²) in [6, 6.07) is 5.35. The molecule has 1 aromatic rings. The zero-order valence-corrected chi connectivity index (χ0v) is 10.8. The summed E-state index contributed by atoms with van der Waals surface area (Å²) in [7, 11) is 0. The first-order chi connectivity index (χ1) is 8.30. The summed E-state index contributed by atoms with van der Waals surface area (Å²) in [6.07, 6.45) is 0. The van der Waals surface area contributed by atoms with Crippen molar-refractivity contribution in [1.82, 2.24) is 0 Å². The predicted octanol–water partition coefficient (Wildman–Crippen LogP) is 1.70. The van der Waals surface area contributed by atoms with E-state index in [-0.39, 0.29) is 11.5 Å². The summed E-state index contributed by atoms with van der Waals surface area (Å²) in [5.41, 5.74) is 7.32. The fourth-order valence-electron chi connectivity index (χ4n) is 1.97. The number of aliphatic imine (C=N–C) groups is 1. The number of benzene rings is 1. The van der Waals surface area contributed by atoms with Crippen molar-refractivity contribution in [1.29, 1.82) is 0 Å². The van der Waals surface area contributed by atoms with Crippen LogP contribution < -0.4 is 5.73 Å². The van der Waals surface area contributed by atoms with Gasteiger partial charge in [-0.3, -0.25) is 14.6 Å². The zero-order chi connectivity index (χ0) is 13.5. The molecule has 0 unspecified atom stereocenters. The number of ketones is 1. The molecule has 0 atom stereocenters. The Morgan fingerprint density at radius 3 is 2.50 bits per heavy atom. The standard InChI is InChI=1S/C14H16N2O2/c1-14(2,3)12(17)8-4-5-9-7-16-11(13(15)18)10(9)6-8/h4-6H,7H2,1-3H3,(H2,15,18). The normalized spacial score (nSPS) is 14.1. The van der Waals surface area contributed by atoms with Crippen LogP contribution in [0, 0.1) is 5.41 Å². The van der Waals surface area contributed by atoms with Gasteiger partial charge < -0.3 is 5.73 Å². The Labute approximate surface area is 106 Å². The maximum Gasteiger partial charge on any atom is 0.267 e. The lowest BCUT2D eigenvalue weighted by Crippen LogP contribution is -2.24. The topological polar surface area (TPSA) is 72.5 Å². The lowest BCUT2D eigenvalue weighted by molar-refractivity contribution is -0.111. The number of carbonyl (C=O) groups excluding carboxylic acids is 2. The first kappa shape index (κ1) is 12.5. The lowest BCUT2D eigenvalue weighted by Gasteiger charge is -2.17. The van der Waals surface area contributed by atoms with Gasteiger partial charge in [-0.25, -0.2) is 0 Å². The number of amides is 1. The van der Waals surface area contributed by atoms with E-state index in [4.69, 9.17) is 5.73 Å². The first-order valence-corrected chi connectivity index (χ1v) is 5.83. The summed E-state index contributed by atoms with van der Waals surface area (Å²) in [6.45, 7) is 6.06. The molecule has 0 saturated heterocycles. The highest BCUT2D eigenvalue weighted by Gasteiger charge is 2.26. The number of hydrogen-bond donors (Lipinski definition) is 1. The van der Waals surface area contributed by atoms with Gasteiger partial charge >= 0.3 is 0 Å². The molecule has 0 aromatic heterocycles. The lowest BCUT2D eigenvalue weighted by atomic mass is 9.85. The smallest absolute Gasteiger partial charge is 0.267 e. The number of nitrogens with zero attached hydrogens (tertiary/aromatic N) is 1. The molecular weight excluding hydrogens is 228 g/mol. The number of nitrogens with two attached hydrogens (primary N) is 1. The van der Waals surface area contributed by atoms with Crippen LogP contribution in [0.1, 0.15) is 42.3 Å². The Kier molecular flexibility index (Phi) is 2.81. The Bertz CT molecular complexity index is 566. The summed E-state index contributed by atoms with van der Waals surface area (Å²) >= 11 is 0. The second-order valence-corrected chi connectivity index (χ2v) is 5.48. The van der Waals surface area contributed by atoms with Crippen molar-refractivity contribution in [2.24, 2.45) is 16.1 Å². The van der Waals surface area contributed by atoms with Gasteiger partial charge in [0.05, 0.1) is 6.54 Å². The summed E-state index contributed by atoms with van der Waals surface area (Å²) in [5, 5.41) is 0. The van der Waals surface area contributed by atoms with Gasteiger partial charge in [-0.05, 0) is 11.6 Å². The van der Waals surface area contributed by atoms with E-state index in [9.17, 15) is 9.59 Å². The molecule has 2 rings (SSSR count). The molecule has 1 heterocycles. The summed E-state index contributed by atoms with van der Waals surface area (Å²) < 4.78 is 0. The Hall–Kier alpha value is -1.97. The highest BCUT2D eigenvalue weighted by Crippen LogP contribution is 2.25. The van der Waals surface area contributed by atoms with Crippen molar-refractivity contribution in [2.75, 3.05) is 0 Å². The molecule has 0 bridgehead atoms. The van der Waals surface area contributed by atoms with Crippen LogP contribution in [-0.4, -0.2) is 17.4 Å². The number of primary amides is 1. The van der Waals surface area contributed by atoms with E-state index < -0.39 is 11.3 Å². The van der Waals surface area contributed by atoms with Gasteiger partial charge in [0.1, 0.15) is 5.71 Å². The van der Waals surface area contributed by atoms with Crippen molar-refractivity contribution in [2.45, 2.75) is 27.3 Å². The quantitative estimate of drug-likeness (QED) is 0.804. The molecule has 0 spiro atoms. The van der Waals surface area contributed by atoms with E-state index in [1.165, 1.54) is 0 Å². The van der Waals surface area contributed by atoms with Gasteiger partial charge in [0.2, 0.25) is 0 Å². The van der Waals surface area contributed by atoms with Gasteiger partial charge in [-0.1, -0.05) is 32.9 Å². The molecule has 18 heavy (non-hydrogen) atoms.